The second kappa shape index (κ2) is 7.92. The lowest BCUT2D eigenvalue weighted by molar-refractivity contribution is -0.115. The number of aryl methyl sites for hydroxylation is 1. The maximum Gasteiger partial charge on any atom is 0.344 e. The number of H-pyrrole nitrogens is 1. The molecule has 2 aromatic heterocycles. The Morgan fingerprint density at radius 3 is 2.82 bits per heavy atom. The first-order chi connectivity index (χ1) is 13.5. The molecule has 9 heteroatoms. The summed E-state index contributed by atoms with van der Waals surface area (Å²) in [7, 11) is 0. The second-order valence-corrected chi connectivity index (χ2v) is 8.92. The van der Waals surface area contributed by atoms with E-state index >= 15 is 0 Å². The number of hydrogen-bond donors (Lipinski definition) is 2. The van der Waals surface area contributed by atoms with Crippen molar-refractivity contribution in [3.05, 3.63) is 45.7 Å². The number of benzene rings is 1. The molecular weight excluding hydrogens is 394 g/mol. The zero-order valence-electron chi connectivity index (χ0n) is 15.6. The van der Waals surface area contributed by atoms with Gasteiger partial charge >= 0.3 is 5.69 Å². The molecule has 3 aromatic rings. The lowest BCUT2D eigenvalue weighted by atomic mass is 10.1. The van der Waals surface area contributed by atoms with Crippen LogP contribution in [-0.4, -0.2) is 30.9 Å². The molecule has 28 heavy (non-hydrogen) atoms. The number of rotatable bonds is 7. The monoisotopic (exact) mass is 415 g/mol. The Kier molecular flexibility index (Phi) is 5.36. The molecule has 1 aromatic carbocycles. The predicted octanol–water partition coefficient (Wildman–Crippen LogP) is 3.71. The molecule has 2 heterocycles. The van der Waals surface area contributed by atoms with Gasteiger partial charge in [-0.3, -0.25) is 9.36 Å². The van der Waals surface area contributed by atoms with Gasteiger partial charge < -0.3 is 5.32 Å². The summed E-state index contributed by atoms with van der Waals surface area (Å²) in [5.41, 5.74) is 2.94. The van der Waals surface area contributed by atoms with Gasteiger partial charge in [0.05, 0.1) is 10.9 Å². The maximum atomic E-state index is 12.6. The summed E-state index contributed by atoms with van der Waals surface area (Å²) in [5.74, 6) is -0.162. The molecule has 1 aliphatic carbocycles. The highest BCUT2D eigenvalue weighted by Gasteiger charge is 2.30. The molecule has 146 valence electrons. The number of thiazole rings is 1. The number of amides is 1. The largest absolute Gasteiger partial charge is 0.344 e. The Bertz CT molecular complexity index is 1030. The third-order valence-electron chi connectivity index (χ3n) is 4.63. The van der Waals surface area contributed by atoms with E-state index in [0.29, 0.717) is 10.3 Å². The van der Waals surface area contributed by atoms with E-state index in [1.54, 1.807) is 11.5 Å². The van der Waals surface area contributed by atoms with E-state index in [-0.39, 0.29) is 17.6 Å². The lowest BCUT2D eigenvalue weighted by Crippen LogP contribution is -2.23. The van der Waals surface area contributed by atoms with Gasteiger partial charge in [-0.1, -0.05) is 43.0 Å². The van der Waals surface area contributed by atoms with Crippen LogP contribution in [0.5, 0.6) is 0 Å². The minimum atomic E-state index is -0.399. The Morgan fingerprint density at radius 2 is 2.14 bits per heavy atom. The smallest absolute Gasteiger partial charge is 0.301 e. The van der Waals surface area contributed by atoms with Crippen molar-refractivity contribution >= 4 is 34.1 Å². The van der Waals surface area contributed by atoms with Crippen LogP contribution in [0.4, 0.5) is 5.13 Å². The fourth-order valence-electron chi connectivity index (χ4n) is 2.82. The molecule has 0 spiro atoms. The van der Waals surface area contributed by atoms with E-state index in [4.69, 9.17) is 0 Å². The molecule has 0 unspecified atom stereocenters. The van der Waals surface area contributed by atoms with Gasteiger partial charge in [-0.2, -0.15) is 0 Å². The highest BCUT2D eigenvalue weighted by Crippen LogP contribution is 2.37. The van der Waals surface area contributed by atoms with Crippen LogP contribution in [0.2, 0.25) is 0 Å². The number of carbonyl (C=O) groups excluding carboxylic acids is 1. The molecule has 0 bridgehead atoms. The molecule has 1 saturated carbocycles. The first kappa shape index (κ1) is 18.9. The normalized spacial score (nSPS) is 14.8. The van der Waals surface area contributed by atoms with E-state index in [0.717, 1.165) is 30.5 Å². The van der Waals surface area contributed by atoms with Gasteiger partial charge in [0, 0.05) is 17.0 Å². The molecule has 0 radical (unpaired) electrons. The van der Waals surface area contributed by atoms with E-state index in [1.165, 1.54) is 28.7 Å². The molecule has 2 N–H and O–H groups in total. The second-order valence-electron chi connectivity index (χ2n) is 6.75. The van der Waals surface area contributed by atoms with Crippen LogP contribution in [0.1, 0.15) is 38.3 Å². The summed E-state index contributed by atoms with van der Waals surface area (Å²) < 4.78 is 1.65. The number of hydrogen-bond acceptors (Lipinski definition) is 6. The van der Waals surface area contributed by atoms with Gasteiger partial charge in [-0.25, -0.2) is 14.9 Å². The van der Waals surface area contributed by atoms with Crippen molar-refractivity contribution in [2.45, 2.75) is 49.6 Å². The first-order valence-corrected chi connectivity index (χ1v) is 11.0. The Labute approximate surface area is 170 Å². The van der Waals surface area contributed by atoms with Gasteiger partial charge in [0.1, 0.15) is 0 Å². The molecule has 4 rings (SSSR count). The minimum absolute atomic E-state index is 0.162. The van der Waals surface area contributed by atoms with Crippen molar-refractivity contribution in [3.8, 4) is 11.3 Å². The number of aromatic amines is 1. The van der Waals surface area contributed by atoms with Crippen molar-refractivity contribution in [2.24, 2.45) is 0 Å². The van der Waals surface area contributed by atoms with Gasteiger partial charge in [0.2, 0.25) is 5.91 Å². The van der Waals surface area contributed by atoms with Crippen LogP contribution in [-0.2, 0) is 11.2 Å². The average molecular weight is 416 g/mol. The fourth-order valence-corrected chi connectivity index (χ4v) is 4.47. The summed E-state index contributed by atoms with van der Waals surface area (Å²) >= 11 is 2.68. The highest BCUT2D eigenvalue weighted by atomic mass is 32.2. The fraction of sp³-hybridized carbons (Fsp3) is 0.368. The van der Waals surface area contributed by atoms with Gasteiger partial charge in [0.15, 0.2) is 10.3 Å². The zero-order chi connectivity index (χ0) is 19.7. The Morgan fingerprint density at radius 1 is 1.39 bits per heavy atom. The quantitative estimate of drug-likeness (QED) is 0.574. The first-order valence-electron chi connectivity index (χ1n) is 9.24. The summed E-state index contributed by atoms with van der Waals surface area (Å²) in [4.78, 5) is 28.9. The number of nitrogens with one attached hydrogen (secondary N) is 2. The number of carbonyl (C=O) groups is 1. The minimum Gasteiger partial charge on any atom is -0.301 e. The van der Waals surface area contributed by atoms with Crippen LogP contribution in [0.25, 0.3) is 11.3 Å². The number of thioether (sulfide) groups is 1. The molecule has 1 amide bonds. The van der Waals surface area contributed by atoms with Crippen molar-refractivity contribution in [1.82, 2.24) is 19.7 Å². The maximum absolute atomic E-state index is 12.6. The Balaban J connectivity index is 1.41. The highest BCUT2D eigenvalue weighted by molar-refractivity contribution is 8.00. The lowest BCUT2D eigenvalue weighted by Gasteiger charge is -2.10. The molecule has 0 aliphatic heterocycles. The molecule has 7 nitrogen and oxygen atoms in total. The third-order valence-corrected chi connectivity index (χ3v) is 6.45. The van der Waals surface area contributed by atoms with Gasteiger partial charge in [-0.05, 0) is 31.7 Å². The molecule has 1 atom stereocenters. The summed E-state index contributed by atoms with van der Waals surface area (Å²) in [5, 5.41) is 12.1. The van der Waals surface area contributed by atoms with Crippen LogP contribution < -0.4 is 11.0 Å². The molecule has 0 saturated heterocycles. The number of anilines is 1. The van der Waals surface area contributed by atoms with Crippen molar-refractivity contribution < 1.29 is 4.79 Å². The van der Waals surface area contributed by atoms with Crippen LogP contribution >= 0.6 is 23.1 Å². The summed E-state index contributed by atoms with van der Waals surface area (Å²) in [6.07, 6.45) is 2.96. The number of nitrogens with zero attached hydrogens (tertiary/aromatic N) is 3. The van der Waals surface area contributed by atoms with E-state index < -0.39 is 5.25 Å². The van der Waals surface area contributed by atoms with Crippen molar-refractivity contribution in [3.63, 3.8) is 0 Å². The van der Waals surface area contributed by atoms with Gasteiger partial charge in [0.25, 0.3) is 0 Å². The standard InChI is InChI=1S/C19H21N5O2S2/c1-3-12-4-6-13(7-5-12)15-10-27-17(20-15)21-16(25)11(2)28-19-23-22-18(26)24(19)14-8-9-14/h4-7,10-11,14H,3,8-9H2,1-2H3,(H,22,26)(H,20,21,25)/t11-/m0/s1. The van der Waals surface area contributed by atoms with Crippen LogP contribution in [0.15, 0.2) is 39.6 Å². The van der Waals surface area contributed by atoms with Gasteiger partial charge in [-0.15, -0.1) is 16.4 Å². The molecular formula is C19H21N5O2S2. The molecule has 1 fully saturated rings. The summed E-state index contributed by atoms with van der Waals surface area (Å²) in [6.45, 7) is 3.92. The Hall–Kier alpha value is -2.39. The summed E-state index contributed by atoms with van der Waals surface area (Å²) in [6, 6.07) is 8.49. The van der Waals surface area contributed by atoms with E-state index in [1.807, 2.05) is 17.5 Å². The predicted molar refractivity (Wildman–Crippen MR) is 112 cm³/mol. The SMILES string of the molecule is CCc1ccc(-c2csc(NC(=O)[C@H](C)Sc3n[nH]c(=O)n3C3CC3)n2)cc1. The third kappa shape index (κ3) is 4.05. The van der Waals surface area contributed by atoms with Crippen LogP contribution in [0, 0.1) is 0 Å². The molecule has 1 aliphatic rings. The van der Waals surface area contributed by atoms with E-state index in [9.17, 15) is 9.59 Å². The topological polar surface area (TPSA) is 92.7 Å². The van der Waals surface area contributed by atoms with Crippen LogP contribution in [0.3, 0.4) is 0 Å². The number of aromatic nitrogens is 4. The van der Waals surface area contributed by atoms with Crippen molar-refractivity contribution in [2.75, 3.05) is 5.32 Å². The van der Waals surface area contributed by atoms with Crippen molar-refractivity contribution in [1.29, 1.82) is 0 Å². The van der Waals surface area contributed by atoms with E-state index in [2.05, 4.69) is 39.6 Å². The average Bonchev–Trinajstić information content (AvgIpc) is 3.32. The zero-order valence-corrected chi connectivity index (χ0v) is 17.3.